The van der Waals surface area contributed by atoms with Gasteiger partial charge in [-0.1, -0.05) is 6.07 Å². The molecule has 1 atom stereocenters. The van der Waals surface area contributed by atoms with Crippen LogP contribution in [0.3, 0.4) is 0 Å². The molecule has 0 unspecified atom stereocenters. The highest BCUT2D eigenvalue weighted by Gasteiger charge is 2.10. The normalized spacial score (nSPS) is 12.2. The first-order valence-corrected chi connectivity index (χ1v) is 5.67. The van der Waals surface area contributed by atoms with E-state index in [1.165, 1.54) is 18.2 Å². The molecule has 18 heavy (non-hydrogen) atoms. The number of aliphatic hydroxyl groups is 1. The largest absolute Gasteiger partial charge is 0.487 e. The summed E-state index contributed by atoms with van der Waals surface area (Å²) in [5.74, 6) is 0.0770. The van der Waals surface area contributed by atoms with Crippen molar-refractivity contribution in [1.29, 1.82) is 0 Å². The summed E-state index contributed by atoms with van der Waals surface area (Å²) >= 11 is 0. The van der Waals surface area contributed by atoms with Crippen molar-refractivity contribution in [2.45, 2.75) is 19.6 Å². The van der Waals surface area contributed by atoms with Crippen LogP contribution in [0.25, 0.3) is 0 Å². The molecule has 1 N–H and O–H groups in total. The second kappa shape index (κ2) is 5.60. The van der Waals surface area contributed by atoms with E-state index >= 15 is 0 Å². The van der Waals surface area contributed by atoms with Crippen LogP contribution in [0.1, 0.15) is 24.3 Å². The zero-order valence-corrected chi connectivity index (χ0v) is 10.0. The molecule has 2 rings (SSSR count). The van der Waals surface area contributed by atoms with Crippen molar-refractivity contribution in [2.24, 2.45) is 0 Å². The number of aromatic nitrogens is 1. The highest BCUT2D eigenvalue weighted by Crippen LogP contribution is 2.26. The number of benzene rings is 1. The second-order valence-corrected chi connectivity index (χ2v) is 3.97. The Hall–Kier alpha value is -1.94. The van der Waals surface area contributed by atoms with E-state index in [0.29, 0.717) is 11.3 Å². The van der Waals surface area contributed by atoms with Gasteiger partial charge in [-0.05, 0) is 37.3 Å². The lowest BCUT2D eigenvalue weighted by Crippen LogP contribution is -2.02. The average molecular weight is 247 g/mol. The smallest absolute Gasteiger partial charge is 0.130 e. The van der Waals surface area contributed by atoms with Gasteiger partial charge in [-0.25, -0.2) is 4.39 Å². The summed E-state index contributed by atoms with van der Waals surface area (Å²) in [6.45, 7) is 1.86. The number of aliphatic hydroxyl groups excluding tert-OH is 1. The third kappa shape index (κ3) is 3.05. The van der Waals surface area contributed by atoms with Crippen LogP contribution in [0.4, 0.5) is 4.39 Å². The summed E-state index contributed by atoms with van der Waals surface area (Å²) in [6, 6.07) is 9.62. The quantitative estimate of drug-likeness (QED) is 0.903. The van der Waals surface area contributed by atoms with Crippen molar-refractivity contribution in [3.63, 3.8) is 0 Å². The van der Waals surface area contributed by atoms with Gasteiger partial charge in [0.1, 0.15) is 18.2 Å². The van der Waals surface area contributed by atoms with E-state index in [-0.39, 0.29) is 6.61 Å². The lowest BCUT2D eigenvalue weighted by Gasteiger charge is -2.13. The Kier molecular flexibility index (Phi) is 3.89. The van der Waals surface area contributed by atoms with Crippen molar-refractivity contribution in [2.75, 3.05) is 0 Å². The molecule has 3 nitrogen and oxygen atoms in total. The molecule has 2 aromatic rings. The second-order valence-electron chi connectivity index (χ2n) is 3.97. The summed E-state index contributed by atoms with van der Waals surface area (Å²) in [7, 11) is 0. The van der Waals surface area contributed by atoms with Crippen molar-refractivity contribution < 1.29 is 14.2 Å². The molecule has 0 amide bonds. The van der Waals surface area contributed by atoms with Crippen molar-refractivity contribution in [1.82, 2.24) is 4.98 Å². The monoisotopic (exact) mass is 247 g/mol. The van der Waals surface area contributed by atoms with E-state index in [1.54, 1.807) is 13.1 Å². The van der Waals surface area contributed by atoms with Gasteiger partial charge in [-0.2, -0.15) is 0 Å². The van der Waals surface area contributed by atoms with Crippen molar-refractivity contribution in [3.8, 4) is 5.75 Å². The Bertz CT molecular complexity index is 514. The Morgan fingerprint density at radius 2 is 2.17 bits per heavy atom. The maximum atomic E-state index is 13.1. The predicted molar refractivity (Wildman–Crippen MR) is 65.6 cm³/mol. The van der Waals surface area contributed by atoms with Crippen molar-refractivity contribution >= 4 is 0 Å². The molecule has 0 saturated carbocycles. The standard InChI is InChI=1S/C14H14FNO2/c1-10(17)13-8-11(15)5-6-14(13)18-9-12-4-2-3-7-16-12/h2-8,10,17H,9H2,1H3/t10-/m1/s1. The van der Waals surface area contributed by atoms with Gasteiger partial charge >= 0.3 is 0 Å². The number of hydrogen-bond acceptors (Lipinski definition) is 3. The SMILES string of the molecule is C[C@@H](O)c1cc(F)ccc1OCc1ccccn1. The number of nitrogens with zero attached hydrogens (tertiary/aromatic N) is 1. The number of rotatable bonds is 4. The molecule has 0 saturated heterocycles. The number of ether oxygens (including phenoxy) is 1. The molecule has 0 bridgehead atoms. The van der Waals surface area contributed by atoms with E-state index in [1.807, 2.05) is 18.2 Å². The first kappa shape index (κ1) is 12.5. The highest BCUT2D eigenvalue weighted by molar-refractivity contribution is 5.35. The Balaban J connectivity index is 2.14. The first-order valence-electron chi connectivity index (χ1n) is 5.67. The van der Waals surface area contributed by atoms with Crippen LogP contribution in [-0.2, 0) is 6.61 Å². The van der Waals surface area contributed by atoms with E-state index in [9.17, 15) is 9.50 Å². The maximum absolute atomic E-state index is 13.1. The molecular formula is C14H14FNO2. The molecule has 0 fully saturated rings. The molecule has 0 aliphatic carbocycles. The molecule has 0 aliphatic rings. The van der Waals surface area contributed by atoms with Crippen LogP contribution in [0.15, 0.2) is 42.6 Å². The van der Waals surface area contributed by atoms with Gasteiger partial charge in [0.25, 0.3) is 0 Å². The zero-order valence-electron chi connectivity index (χ0n) is 10.0. The number of pyridine rings is 1. The average Bonchev–Trinajstić information content (AvgIpc) is 2.38. The van der Waals surface area contributed by atoms with Crippen LogP contribution in [0.2, 0.25) is 0 Å². The summed E-state index contributed by atoms with van der Waals surface area (Å²) in [5, 5.41) is 9.56. The molecule has 1 aromatic carbocycles. The van der Waals surface area contributed by atoms with Crippen LogP contribution in [0.5, 0.6) is 5.75 Å². The van der Waals surface area contributed by atoms with Crippen LogP contribution in [-0.4, -0.2) is 10.1 Å². The van der Waals surface area contributed by atoms with Crippen LogP contribution < -0.4 is 4.74 Å². The molecule has 0 spiro atoms. The summed E-state index contributed by atoms with van der Waals surface area (Å²) in [5.41, 5.74) is 1.21. The van der Waals surface area contributed by atoms with Crippen LogP contribution >= 0.6 is 0 Å². The molecule has 0 aliphatic heterocycles. The molecule has 4 heteroatoms. The third-order valence-corrected chi connectivity index (χ3v) is 2.52. The predicted octanol–water partition coefficient (Wildman–Crippen LogP) is 2.85. The Morgan fingerprint density at radius 3 is 2.83 bits per heavy atom. The van der Waals surface area contributed by atoms with Crippen LogP contribution in [0, 0.1) is 5.82 Å². The summed E-state index contributed by atoms with van der Waals surface area (Å²) in [6.07, 6.45) is 0.901. The van der Waals surface area contributed by atoms with Gasteiger partial charge in [0, 0.05) is 11.8 Å². The fraction of sp³-hybridized carbons (Fsp3) is 0.214. The zero-order chi connectivity index (χ0) is 13.0. The summed E-state index contributed by atoms with van der Waals surface area (Å²) in [4.78, 5) is 4.12. The molecule has 94 valence electrons. The van der Waals surface area contributed by atoms with Gasteiger partial charge < -0.3 is 9.84 Å². The fourth-order valence-electron chi connectivity index (χ4n) is 1.61. The van der Waals surface area contributed by atoms with Gasteiger partial charge in [-0.15, -0.1) is 0 Å². The molecule has 0 radical (unpaired) electrons. The van der Waals surface area contributed by atoms with Gasteiger partial charge in [0.2, 0.25) is 0 Å². The van der Waals surface area contributed by atoms with E-state index in [0.717, 1.165) is 5.69 Å². The van der Waals surface area contributed by atoms with E-state index in [4.69, 9.17) is 4.74 Å². The minimum Gasteiger partial charge on any atom is -0.487 e. The molecule has 1 heterocycles. The highest BCUT2D eigenvalue weighted by atomic mass is 19.1. The topological polar surface area (TPSA) is 42.4 Å². The Labute approximate surface area is 105 Å². The number of hydrogen-bond donors (Lipinski definition) is 1. The minimum absolute atomic E-state index is 0.284. The number of halogens is 1. The molecular weight excluding hydrogens is 233 g/mol. The van der Waals surface area contributed by atoms with Gasteiger partial charge in [-0.3, -0.25) is 4.98 Å². The lowest BCUT2D eigenvalue weighted by molar-refractivity contribution is 0.189. The fourth-order valence-corrected chi connectivity index (χ4v) is 1.61. The minimum atomic E-state index is -0.778. The molecule has 1 aromatic heterocycles. The van der Waals surface area contributed by atoms with E-state index in [2.05, 4.69) is 4.98 Å². The van der Waals surface area contributed by atoms with E-state index < -0.39 is 11.9 Å². The third-order valence-electron chi connectivity index (χ3n) is 2.52. The van der Waals surface area contributed by atoms with Gasteiger partial charge in [0.15, 0.2) is 0 Å². The Morgan fingerprint density at radius 1 is 1.33 bits per heavy atom. The summed E-state index contributed by atoms with van der Waals surface area (Å²) < 4.78 is 18.6. The lowest BCUT2D eigenvalue weighted by atomic mass is 10.1. The van der Waals surface area contributed by atoms with Gasteiger partial charge in [0.05, 0.1) is 11.8 Å². The van der Waals surface area contributed by atoms with Crippen molar-refractivity contribution in [3.05, 3.63) is 59.7 Å². The maximum Gasteiger partial charge on any atom is 0.130 e. The first-order chi connectivity index (χ1) is 8.66.